The molecule has 0 radical (unpaired) electrons. The van der Waals surface area contributed by atoms with Crippen molar-refractivity contribution in [3.05, 3.63) is 35.4 Å². The van der Waals surface area contributed by atoms with E-state index in [2.05, 4.69) is 10.2 Å². The van der Waals surface area contributed by atoms with Crippen molar-refractivity contribution >= 4 is 46.4 Å². The van der Waals surface area contributed by atoms with Gasteiger partial charge in [0.1, 0.15) is 17.2 Å². The van der Waals surface area contributed by atoms with Crippen molar-refractivity contribution < 1.29 is 28.5 Å². The second kappa shape index (κ2) is 10.8. The fraction of sp³-hybridized carbons (Fsp3) is 0.300. The standard InChI is InChI=1S/C20H21Cl2N3O6/c1-11(26)17(23-24-18-15(21)6-7-16(30-4)19(18)31-5)20(27)25(22)12-8-13(28-2)10-14(9-12)29-3/h6-10,17H,1-5H3. The Morgan fingerprint density at radius 2 is 1.58 bits per heavy atom. The molecule has 0 aliphatic carbocycles. The number of hydrogen-bond acceptors (Lipinski definition) is 8. The van der Waals surface area contributed by atoms with Crippen LogP contribution in [0.2, 0.25) is 5.02 Å². The van der Waals surface area contributed by atoms with Crippen LogP contribution in [-0.4, -0.2) is 46.2 Å². The van der Waals surface area contributed by atoms with Gasteiger partial charge in [0.25, 0.3) is 5.91 Å². The first kappa shape index (κ1) is 24.2. The number of hydrogen-bond donors (Lipinski definition) is 0. The van der Waals surface area contributed by atoms with Gasteiger partial charge in [-0.25, -0.2) is 4.42 Å². The number of nitrogens with zero attached hydrogens (tertiary/aromatic N) is 3. The Morgan fingerprint density at radius 3 is 2.06 bits per heavy atom. The summed E-state index contributed by atoms with van der Waals surface area (Å²) in [4.78, 5) is 25.1. The van der Waals surface area contributed by atoms with Crippen molar-refractivity contribution in [1.29, 1.82) is 0 Å². The molecule has 2 rings (SSSR count). The summed E-state index contributed by atoms with van der Waals surface area (Å²) in [5.41, 5.74) is 0.327. The average molecular weight is 470 g/mol. The van der Waals surface area contributed by atoms with Crippen LogP contribution >= 0.6 is 23.4 Å². The second-order valence-electron chi connectivity index (χ2n) is 6.05. The minimum Gasteiger partial charge on any atom is -0.497 e. The van der Waals surface area contributed by atoms with E-state index in [4.69, 9.17) is 42.3 Å². The summed E-state index contributed by atoms with van der Waals surface area (Å²) in [5.74, 6) is -0.0374. The van der Waals surface area contributed by atoms with Crippen LogP contribution in [0, 0.1) is 0 Å². The molecule has 0 spiro atoms. The maximum absolute atomic E-state index is 12.9. The van der Waals surface area contributed by atoms with Crippen molar-refractivity contribution in [2.24, 2.45) is 10.2 Å². The van der Waals surface area contributed by atoms with Crippen molar-refractivity contribution in [3.63, 3.8) is 0 Å². The molecule has 166 valence electrons. The zero-order valence-corrected chi connectivity index (χ0v) is 19.0. The topological polar surface area (TPSA) is 99.0 Å². The molecule has 0 fully saturated rings. The van der Waals surface area contributed by atoms with Crippen molar-refractivity contribution in [1.82, 2.24) is 0 Å². The molecule has 2 aromatic carbocycles. The van der Waals surface area contributed by atoms with E-state index in [0.717, 1.165) is 4.42 Å². The highest BCUT2D eigenvalue weighted by Gasteiger charge is 2.30. The van der Waals surface area contributed by atoms with Gasteiger partial charge in [-0.15, -0.1) is 5.11 Å². The highest BCUT2D eigenvalue weighted by Crippen LogP contribution is 2.42. The fourth-order valence-corrected chi connectivity index (χ4v) is 2.92. The summed E-state index contributed by atoms with van der Waals surface area (Å²) in [6, 6.07) is 6.20. The predicted octanol–water partition coefficient (Wildman–Crippen LogP) is 4.60. The molecule has 2 aromatic rings. The van der Waals surface area contributed by atoms with Crippen molar-refractivity contribution in [2.75, 3.05) is 32.9 Å². The maximum Gasteiger partial charge on any atom is 0.276 e. The summed E-state index contributed by atoms with van der Waals surface area (Å²) in [5, 5.41) is 8.06. The highest BCUT2D eigenvalue weighted by atomic mass is 35.5. The number of methoxy groups -OCH3 is 4. The van der Waals surface area contributed by atoms with Gasteiger partial charge in [-0.1, -0.05) is 11.6 Å². The van der Waals surface area contributed by atoms with Crippen LogP contribution in [0.15, 0.2) is 40.6 Å². The number of ether oxygens (including phenoxy) is 4. The fourth-order valence-electron chi connectivity index (χ4n) is 2.54. The first-order chi connectivity index (χ1) is 14.8. The lowest BCUT2D eigenvalue weighted by Crippen LogP contribution is -2.36. The molecule has 0 aliphatic rings. The average Bonchev–Trinajstić information content (AvgIpc) is 2.78. The predicted molar refractivity (Wildman–Crippen MR) is 116 cm³/mol. The van der Waals surface area contributed by atoms with Gasteiger partial charge in [0, 0.05) is 30.0 Å². The Labute approximate surface area is 189 Å². The summed E-state index contributed by atoms with van der Waals surface area (Å²) in [6.45, 7) is 1.20. The molecule has 0 N–H and O–H groups in total. The number of carbonyl (C=O) groups excluding carboxylic acids is 2. The van der Waals surface area contributed by atoms with E-state index in [1.165, 1.54) is 53.6 Å². The first-order valence-electron chi connectivity index (χ1n) is 8.81. The van der Waals surface area contributed by atoms with Gasteiger partial charge in [0.2, 0.25) is 6.04 Å². The summed E-state index contributed by atoms with van der Waals surface area (Å²) in [7, 11) is 5.76. The third-order valence-corrected chi connectivity index (χ3v) is 4.79. The SMILES string of the molecule is COc1cc(OC)cc(N(Cl)C(=O)C(N=Nc2c(Cl)ccc(OC)c2OC)C(C)=O)c1. The number of carbonyl (C=O) groups is 2. The van der Waals surface area contributed by atoms with E-state index in [1.54, 1.807) is 12.1 Å². The molecule has 31 heavy (non-hydrogen) atoms. The second-order valence-corrected chi connectivity index (χ2v) is 6.80. The number of ketones is 1. The van der Waals surface area contributed by atoms with Gasteiger partial charge < -0.3 is 18.9 Å². The first-order valence-corrected chi connectivity index (χ1v) is 9.53. The molecule has 11 heteroatoms. The summed E-state index contributed by atoms with van der Waals surface area (Å²) in [6.07, 6.45) is 0. The minimum absolute atomic E-state index is 0.103. The van der Waals surface area contributed by atoms with E-state index < -0.39 is 17.7 Å². The lowest BCUT2D eigenvalue weighted by molar-refractivity contribution is -0.126. The van der Waals surface area contributed by atoms with Gasteiger partial charge in [-0.3, -0.25) is 9.59 Å². The molecule has 1 unspecified atom stereocenters. The zero-order valence-electron chi connectivity index (χ0n) is 17.5. The van der Waals surface area contributed by atoms with Crippen LogP contribution in [0.4, 0.5) is 11.4 Å². The van der Waals surface area contributed by atoms with Crippen molar-refractivity contribution in [2.45, 2.75) is 13.0 Å². The third-order valence-electron chi connectivity index (χ3n) is 4.12. The Hall–Kier alpha value is -3.04. The van der Waals surface area contributed by atoms with Gasteiger partial charge in [0.05, 0.1) is 39.1 Å². The van der Waals surface area contributed by atoms with Crippen molar-refractivity contribution in [3.8, 4) is 23.0 Å². The van der Waals surface area contributed by atoms with Gasteiger partial charge in [-0.05, 0) is 19.1 Å². The molecular weight excluding hydrogens is 449 g/mol. The lowest BCUT2D eigenvalue weighted by atomic mass is 10.2. The molecule has 1 amide bonds. The molecule has 0 bridgehead atoms. The van der Waals surface area contributed by atoms with Gasteiger partial charge in [0.15, 0.2) is 17.3 Å². The molecule has 9 nitrogen and oxygen atoms in total. The molecule has 1 atom stereocenters. The molecule has 0 saturated heterocycles. The van der Waals surface area contributed by atoms with Crippen LogP contribution in [-0.2, 0) is 9.59 Å². The van der Waals surface area contributed by atoms with Crippen LogP contribution in [0.25, 0.3) is 0 Å². The number of halogens is 2. The summed E-state index contributed by atoms with van der Waals surface area (Å²) >= 11 is 12.4. The van der Waals surface area contributed by atoms with E-state index >= 15 is 0 Å². The summed E-state index contributed by atoms with van der Waals surface area (Å²) < 4.78 is 21.6. The number of amides is 1. The monoisotopic (exact) mass is 469 g/mol. The highest BCUT2D eigenvalue weighted by molar-refractivity contribution is 6.39. The minimum atomic E-state index is -1.53. The van der Waals surface area contributed by atoms with E-state index in [-0.39, 0.29) is 22.1 Å². The molecule has 0 aliphatic heterocycles. The third kappa shape index (κ3) is 5.56. The Morgan fingerprint density at radius 1 is 0.968 bits per heavy atom. The molecular formula is C20H21Cl2N3O6. The van der Waals surface area contributed by atoms with Gasteiger partial charge in [-0.2, -0.15) is 5.11 Å². The number of benzene rings is 2. The van der Waals surface area contributed by atoms with Crippen LogP contribution in [0.1, 0.15) is 6.92 Å². The Bertz CT molecular complexity index is 977. The molecule has 0 heterocycles. The maximum atomic E-state index is 12.9. The number of rotatable bonds is 9. The largest absolute Gasteiger partial charge is 0.497 e. The number of Topliss-reactive ketones (excluding diaryl/α,β-unsaturated/α-hetero) is 1. The lowest BCUT2D eigenvalue weighted by Gasteiger charge is -2.18. The Balaban J connectivity index is 2.41. The van der Waals surface area contributed by atoms with E-state index in [9.17, 15) is 9.59 Å². The Kier molecular flexibility index (Phi) is 8.47. The van der Waals surface area contributed by atoms with Gasteiger partial charge >= 0.3 is 0 Å². The van der Waals surface area contributed by atoms with E-state index in [1.807, 2.05) is 0 Å². The van der Waals surface area contributed by atoms with Crippen LogP contribution in [0.3, 0.4) is 0 Å². The number of azo groups is 1. The molecule has 0 saturated carbocycles. The van der Waals surface area contributed by atoms with E-state index in [0.29, 0.717) is 17.2 Å². The quantitative estimate of drug-likeness (QED) is 0.302. The smallest absolute Gasteiger partial charge is 0.276 e. The molecule has 0 aromatic heterocycles. The normalized spacial score (nSPS) is 11.7. The number of anilines is 1. The van der Waals surface area contributed by atoms with Crippen LogP contribution in [0.5, 0.6) is 23.0 Å². The zero-order chi connectivity index (χ0) is 23.1. The van der Waals surface area contributed by atoms with Crippen LogP contribution < -0.4 is 23.4 Å².